The predicted molar refractivity (Wildman–Crippen MR) is 79.3 cm³/mol. The number of ether oxygens (including phenoxy) is 1. The van der Waals surface area contributed by atoms with E-state index < -0.39 is 0 Å². The lowest BCUT2D eigenvalue weighted by Crippen LogP contribution is -2.31. The summed E-state index contributed by atoms with van der Waals surface area (Å²) in [5, 5.41) is 0. The van der Waals surface area contributed by atoms with Crippen LogP contribution < -0.4 is 0 Å². The van der Waals surface area contributed by atoms with E-state index >= 15 is 0 Å². The average Bonchev–Trinajstić information content (AvgIpc) is 2.46. The summed E-state index contributed by atoms with van der Waals surface area (Å²) in [4.78, 5) is 14.0. The number of benzene rings is 1. The Morgan fingerprint density at radius 1 is 1.37 bits per heavy atom. The fourth-order valence-electron chi connectivity index (χ4n) is 2.29. The van der Waals surface area contributed by atoms with Crippen molar-refractivity contribution in [1.82, 2.24) is 4.90 Å². The molecule has 0 bridgehead atoms. The molecule has 0 N–H and O–H groups in total. The number of hydrogen-bond acceptors (Lipinski definition) is 2. The zero-order valence-electron chi connectivity index (χ0n) is 11.3. The second kappa shape index (κ2) is 7.06. The van der Waals surface area contributed by atoms with Crippen LogP contribution in [0.3, 0.4) is 0 Å². The maximum atomic E-state index is 12.2. The van der Waals surface area contributed by atoms with Gasteiger partial charge in [0.15, 0.2) is 0 Å². The predicted octanol–water partition coefficient (Wildman–Crippen LogP) is 3.48. The molecule has 2 rings (SSSR count). The molecule has 1 fully saturated rings. The van der Waals surface area contributed by atoms with Gasteiger partial charge < -0.3 is 9.64 Å². The lowest BCUT2D eigenvalue weighted by Gasteiger charge is -2.25. The number of carbonyl (C=O) groups is 1. The van der Waals surface area contributed by atoms with Gasteiger partial charge in [0.05, 0.1) is 6.10 Å². The third-order valence-corrected chi connectivity index (χ3v) is 4.03. The molecule has 104 valence electrons. The molecule has 1 aromatic rings. The first-order valence-electron chi connectivity index (χ1n) is 6.79. The van der Waals surface area contributed by atoms with Crippen LogP contribution >= 0.6 is 15.9 Å². The molecule has 3 nitrogen and oxygen atoms in total. The summed E-state index contributed by atoms with van der Waals surface area (Å²) in [5.41, 5.74) is 0.732. The summed E-state index contributed by atoms with van der Waals surface area (Å²) in [6.07, 6.45) is 4.80. The van der Waals surface area contributed by atoms with Crippen LogP contribution in [-0.4, -0.2) is 37.1 Å². The van der Waals surface area contributed by atoms with Crippen LogP contribution in [0, 0.1) is 0 Å². The van der Waals surface area contributed by atoms with E-state index in [1.54, 1.807) is 4.90 Å². The van der Waals surface area contributed by atoms with E-state index in [2.05, 4.69) is 15.9 Å². The van der Waals surface area contributed by atoms with E-state index in [9.17, 15) is 4.79 Å². The molecular weight excluding hydrogens is 306 g/mol. The summed E-state index contributed by atoms with van der Waals surface area (Å²) in [7, 11) is 1.85. The van der Waals surface area contributed by atoms with Crippen molar-refractivity contribution >= 4 is 21.8 Å². The molecule has 1 amide bonds. The standard InChI is InChI=1S/C15H20BrNO2/c1-17(10-9-14-4-2-3-11-19-14)15(18)12-5-7-13(16)8-6-12/h5-8,14H,2-4,9-11H2,1H3. The summed E-state index contributed by atoms with van der Waals surface area (Å²) in [6.45, 7) is 1.62. The van der Waals surface area contributed by atoms with E-state index in [1.165, 1.54) is 12.8 Å². The van der Waals surface area contributed by atoms with E-state index in [0.29, 0.717) is 6.10 Å². The average molecular weight is 326 g/mol. The molecule has 0 radical (unpaired) electrons. The van der Waals surface area contributed by atoms with E-state index in [1.807, 2.05) is 31.3 Å². The molecule has 4 heteroatoms. The Hall–Kier alpha value is -0.870. The van der Waals surface area contributed by atoms with Crippen LogP contribution in [0.1, 0.15) is 36.0 Å². The molecule has 1 aromatic carbocycles. The highest BCUT2D eigenvalue weighted by Crippen LogP contribution is 2.16. The molecule has 1 unspecified atom stereocenters. The molecule has 0 aliphatic carbocycles. The van der Waals surface area contributed by atoms with Gasteiger partial charge in [0.2, 0.25) is 0 Å². The van der Waals surface area contributed by atoms with Gasteiger partial charge in [-0.15, -0.1) is 0 Å². The third-order valence-electron chi connectivity index (χ3n) is 3.50. The van der Waals surface area contributed by atoms with Crippen LogP contribution in [0.2, 0.25) is 0 Å². The smallest absolute Gasteiger partial charge is 0.253 e. The summed E-state index contributed by atoms with van der Waals surface area (Å²) in [5.74, 6) is 0.0725. The summed E-state index contributed by atoms with van der Waals surface area (Å²) < 4.78 is 6.67. The van der Waals surface area contributed by atoms with Crippen molar-refractivity contribution in [2.45, 2.75) is 31.8 Å². The van der Waals surface area contributed by atoms with Crippen molar-refractivity contribution in [1.29, 1.82) is 0 Å². The lowest BCUT2D eigenvalue weighted by molar-refractivity contribution is 0.00709. The maximum Gasteiger partial charge on any atom is 0.253 e. The quantitative estimate of drug-likeness (QED) is 0.848. The Bertz CT molecular complexity index is 413. The number of halogens is 1. The Labute approximate surface area is 123 Å². The third kappa shape index (κ3) is 4.32. The minimum absolute atomic E-state index is 0.0725. The summed E-state index contributed by atoms with van der Waals surface area (Å²) >= 11 is 3.37. The van der Waals surface area contributed by atoms with E-state index in [0.717, 1.165) is 36.0 Å². The van der Waals surface area contributed by atoms with Crippen LogP contribution in [0.25, 0.3) is 0 Å². The van der Waals surface area contributed by atoms with Gasteiger partial charge >= 0.3 is 0 Å². The summed E-state index contributed by atoms with van der Waals surface area (Å²) in [6, 6.07) is 7.48. The molecule has 1 heterocycles. The number of nitrogens with zero attached hydrogens (tertiary/aromatic N) is 1. The van der Waals surface area contributed by atoms with Crippen LogP contribution in [-0.2, 0) is 4.74 Å². The van der Waals surface area contributed by atoms with Gasteiger partial charge in [-0.25, -0.2) is 0 Å². The molecule has 19 heavy (non-hydrogen) atoms. The van der Waals surface area contributed by atoms with Gasteiger partial charge in [0, 0.05) is 30.2 Å². The Morgan fingerprint density at radius 2 is 2.11 bits per heavy atom. The van der Waals surface area contributed by atoms with Crippen LogP contribution in [0.5, 0.6) is 0 Å². The Morgan fingerprint density at radius 3 is 2.74 bits per heavy atom. The fraction of sp³-hybridized carbons (Fsp3) is 0.533. The minimum atomic E-state index is 0.0725. The lowest BCUT2D eigenvalue weighted by atomic mass is 10.1. The van der Waals surface area contributed by atoms with Gasteiger partial charge in [-0.2, -0.15) is 0 Å². The van der Waals surface area contributed by atoms with Crippen LogP contribution in [0.15, 0.2) is 28.7 Å². The van der Waals surface area contributed by atoms with Crippen molar-refractivity contribution in [2.75, 3.05) is 20.2 Å². The Balaban J connectivity index is 1.83. The van der Waals surface area contributed by atoms with Crippen molar-refractivity contribution in [3.8, 4) is 0 Å². The highest BCUT2D eigenvalue weighted by molar-refractivity contribution is 9.10. The SMILES string of the molecule is CN(CCC1CCCCO1)C(=O)c1ccc(Br)cc1. The van der Waals surface area contributed by atoms with Gasteiger partial charge in [0.25, 0.3) is 5.91 Å². The van der Waals surface area contributed by atoms with Gasteiger partial charge in [-0.3, -0.25) is 4.79 Å². The Kier molecular flexibility index (Phi) is 5.40. The first-order valence-corrected chi connectivity index (χ1v) is 7.59. The molecule has 0 spiro atoms. The highest BCUT2D eigenvalue weighted by Gasteiger charge is 2.17. The van der Waals surface area contributed by atoms with Crippen molar-refractivity contribution in [3.05, 3.63) is 34.3 Å². The van der Waals surface area contributed by atoms with Crippen molar-refractivity contribution in [2.24, 2.45) is 0 Å². The number of hydrogen-bond donors (Lipinski definition) is 0. The molecular formula is C15H20BrNO2. The highest BCUT2D eigenvalue weighted by atomic mass is 79.9. The minimum Gasteiger partial charge on any atom is -0.378 e. The second-order valence-electron chi connectivity index (χ2n) is 5.01. The zero-order chi connectivity index (χ0) is 13.7. The number of carbonyl (C=O) groups excluding carboxylic acids is 1. The van der Waals surface area contributed by atoms with Gasteiger partial charge in [0.1, 0.15) is 0 Å². The molecule has 1 aliphatic heterocycles. The van der Waals surface area contributed by atoms with Crippen LogP contribution in [0.4, 0.5) is 0 Å². The number of amides is 1. The first-order chi connectivity index (χ1) is 9.16. The van der Waals surface area contributed by atoms with E-state index in [4.69, 9.17) is 4.74 Å². The van der Waals surface area contributed by atoms with Gasteiger partial charge in [-0.1, -0.05) is 15.9 Å². The maximum absolute atomic E-state index is 12.2. The largest absolute Gasteiger partial charge is 0.378 e. The van der Waals surface area contributed by atoms with Crippen molar-refractivity contribution in [3.63, 3.8) is 0 Å². The monoisotopic (exact) mass is 325 g/mol. The molecule has 0 saturated carbocycles. The number of rotatable bonds is 4. The molecule has 0 aromatic heterocycles. The second-order valence-corrected chi connectivity index (χ2v) is 5.93. The topological polar surface area (TPSA) is 29.5 Å². The molecule has 1 atom stereocenters. The van der Waals surface area contributed by atoms with E-state index in [-0.39, 0.29) is 5.91 Å². The fourth-order valence-corrected chi connectivity index (χ4v) is 2.55. The van der Waals surface area contributed by atoms with Crippen molar-refractivity contribution < 1.29 is 9.53 Å². The molecule has 1 aliphatic rings. The first kappa shape index (κ1) is 14.5. The molecule has 1 saturated heterocycles. The van der Waals surface area contributed by atoms with Gasteiger partial charge in [-0.05, 0) is 49.9 Å². The zero-order valence-corrected chi connectivity index (χ0v) is 12.9. The normalized spacial score (nSPS) is 19.2.